The molecule has 2 amide bonds. The normalized spacial score (nSPS) is 15.6. The van der Waals surface area contributed by atoms with E-state index in [9.17, 15) is 9.59 Å². The number of aromatic nitrogens is 1. The van der Waals surface area contributed by atoms with Crippen molar-refractivity contribution in [2.24, 2.45) is 5.84 Å². The third-order valence-corrected chi connectivity index (χ3v) is 3.38. The maximum absolute atomic E-state index is 12.6. The van der Waals surface area contributed by atoms with Gasteiger partial charge in [-0.25, -0.2) is 10.8 Å². The van der Waals surface area contributed by atoms with Gasteiger partial charge in [-0.05, 0) is 24.5 Å². The van der Waals surface area contributed by atoms with E-state index in [2.05, 4.69) is 15.7 Å². The van der Waals surface area contributed by atoms with Crippen molar-refractivity contribution in [2.75, 3.05) is 25.1 Å². The number of rotatable bonds is 3. The summed E-state index contributed by atoms with van der Waals surface area (Å²) in [5, 5.41) is 2.76. The Morgan fingerprint density at radius 2 is 2.24 bits per heavy atom. The third kappa shape index (κ3) is 3.69. The van der Waals surface area contributed by atoms with Crippen molar-refractivity contribution in [3.8, 4) is 0 Å². The molecule has 0 aromatic carbocycles. The molecule has 0 bridgehead atoms. The Morgan fingerprint density at radius 3 is 2.90 bits per heavy atom. The molecule has 4 N–H and O–H groups in total. The molecule has 7 nitrogen and oxygen atoms in total. The fourth-order valence-electron chi connectivity index (χ4n) is 2.21. The van der Waals surface area contributed by atoms with E-state index in [1.54, 1.807) is 17.0 Å². The summed E-state index contributed by atoms with van der Waals surface area (Å²) in [6.45, 7) is 5.24. The molecule has 0 unspecified atom stereocenters. The number of pyridine rings is 1. The molecule has 1 fully saturated rings. The van der Waals surface area contributed by atoms with Crippen LogP contribution < -0.4 is 16.6 Å². The first kappa shape index (κ1) is 15.2. The molecule has 0 aliphatic carbocycles. The molecule has 1 aromatic rings. The van der Waals surface area contributed by atoms with Gasteiger partial charge in [-0.2, -0.15) is 0 Å². The van der Waals surface area contributed by atoms with Gasteiger partial charge in [-0.15, -0.1) is 0 Å². The highest BCUT2D eigenvalue weighted by Crippen LogP contribution is 2.18. The summed E-state index contributed by atoms with van der Waals surface area (Å²) in [7, 11) is 0. The van der Waals surface area contributed by atoms with Crippen LogP contribution in [0, 0.1) is 0 Å². The van der Waals surface area contributed by atoms with E-state index < -0.39 is 0 Å². The van der Waals surface area contributed by atoms with E-state index in [4.69, 9.17) is 5.84 Å². The number of nitrogens with zero attached hydrogens (tertiary/aromatic N) is 2. The van der Waals surface area contributed by atoms with Crippen LogP contribution in [0.2, 0.25) is 0 Å². The first-order valence-corrected chi connectivity index (χ1v) is 7.06. The number of hydrogen-bond donors (Lipinski definition) is 3. The third-order valence-electron chi connectivity index (χ3n) is 3.38. The fourth-order valence-corrected chi connectivity index (χ4v) is 2.21. The monoisotopic (exact) mass is 291 g/mol. The Kier molecular flexibility index (Phi) is 4.74. The molecule has 1 aromatic heterocycles. The van der Waals surface area contributed by atoms with Gasteiger partial charge in [0, 0.05) is 24.3 Å². The average Bonchev–Trinajstić information content (AvgIpc) is 2.70. The van der Waals surface area contributed by atoms with Crippen LogP contribution in [0.1, 0.15) is 42.2 Å². The lowest BCUT2D eigenvalue weighted by Gasteiger charge is -2.20. The van der Waals surface area contributed by atoms with Gasteiger partial charge in [0.15, 0.2) is 0 Å². The number of hydrogen-bond acceptors (Lipinski definition) is 5. The Labute approximate surface area is 123 Å². The molecule has 21 heavy (non-hydrogen) atoms. The smallest absolute Gasteiger partial charge is 0.254 e. The molecule has 0 radical (unpaired) electrons. The molecule has 0 spiro atoms. The lowest BCUT2D eigenvalue weighted by molar-refractivity contribution is -0.121. The largest absolute Gasteiger partial charge is 0.354 e. The van der Waals surface area contributed by atoms with Crippen LogP contribution in [-0.4, -0.2) is 41.3 Å². The van der Waals surface area contributed by atoms with Crippen molar-refractivity contribution in [1.29, 1.82) is 0 Å². The van der Waals surface area contributed by atoms with Gasteiger partial charge in [-0.1, -0.05) is 13.8 Å². The molecular weight excluding hydrogens is 270 g/mol. The molecule has 1 aliphatic heterocycles. The number of nitrogens with two attached hydrogens (primary N) is 1. The van der Waals surface area contributed by atoms with Crippen molar-refractivity contribution >= 4 is 17.6 Å². The second kappa shape index (κ2) is 6.53. The van der Waals surface area contributed by atoms with E-state index in [1.807, 2.05) is 13.8 Å². The zero-order valence-electron chi connectivity index (χ0n) is 12.3. The van der Waals surface area contributed by atoms with E-state index in [0.717, 1.165) is 12.1 Å². The molecule has 2 heterocycles. The molecular formula is C14H21N5O2. The first-order chi connectivity index (χ1) is 10.0. The van der Waals surface area contributed by atoms with Crippen molar-refractivity contribution in [3.05, 3.63) is 23.4 Å². The minimum Gasteiger partial charge on any atom is -0.354 e. The maximum atomic E-state index is 12.6. The molecule has 1 saturated heterocycles. The molecule has 7 heteroatoms. The summed E-state index contributed by atoms with van der Waals surface area (Å²) in [5.74, 6) is 5.74. The van der Waals surface area contributed by atoms with Crippen molar-refractivity contribution < 1.29 is 9.59 Å². The first-order valence-electron chi connectivity index (χ1n) is 7.06. The SMILES string of the molecule is CC(C)c1cc(C(=O)N2CCCNC(=O)C2)cc(NN)n1. The second-order valence-electron chi connectivity index (χ2n) is 5.40. The van der Waals surface area contributed by atoms with Crippen molar-refractivity contribution in [3.63, 3.8) is 0 Å². The zero-order valence-corrected chi connectivity index (χ0v) is 12.3. The highest BCUT2D eigenvalue weighted by Gasteiger charge is 2.22. The Morgan fingerprint density at radius 1 is 1.48 bits per heavy atom. The van der Waals surface area contributed by atoms with E-state index in [-0.39, 0.29) is 24.3 Å². The summed E-state index contributed by atoms with van der Waals surface area (Å²) < 4.78 is 0. The quantitative estimate of drug-likeness (QED) is 0.554. The van der Waals surface area contributed by atoms with Gasteiger partial charge < -0.3 is 15.6 Å². The maximum Gasteiger partial charge on any atom is 0.254 e. The summed E-state index contributed by atoms with van der Waals surface area (Å²) >= 11 is 0. The van der Waals surface area contributed by atoms with Crippen LogP contribution in [0.4, 0.5) is 5.82 Å². The van der Waals surface area contributed by atoms with Gasteiger partial charge in [-0.3, -0.25) is 9.59 Å². The second-order valence-corrected chi connectivity index (χ2v) is 5.40. The van der Waals surface area contributed by atoms with Crippen LogP contribution >= 0.6 is 0 Å². The van der Waals surface area contributed by atoms with Crippen LogP contribution in [0.3, 0.4) is 0 Å². The predicted molar refractivity (Wildman–Crippen MR) is 79.7 cm³/mol. The number of amides is 2. The molecule has 2 rings (SSSR count). The predicted octanol–water partition coefficient (Wildman–Crippen LogP) is 0.453. The minimum absolute atomic E-state index is 0.0869. The molecule has 0 saturated carbocycles. The number of carbonyl (C=O) groups excluding carboxylic acids is 2. The Balaban J connectivity index is 2.28. The van der Waals surface area contributed by atoms with Crippen molar-refractivity contribution in [2.45, 2.75) is 26.2 Å². The highest BCUT2D eigenvalue weighted by molar-refractivity contribution is 5.97. The van der Waals surface area contributed by atoms with Gasteiger partial charge in [0.25, 0.3) is 5.91 Å². The summed E-state index contributed by atoms with van der Waals surface area (Å²) in [6, 6.07) is 3.37. The number of hydrazine groups is 1. The zero-order chi connectivity index (χ0) is 15.4. The summed E-state index contributed by atoms with van der Waals surface area (Å²) in [6.07, 6.45) is 0.752. The standard InChI is InChI=1S/C14H21N5O2/c1-9(2)11-6-10(7-12(17-11)18-15)14(21)19-5-3-4-16-13(20)8-19/h6-7,9H,3-5,8,15H2,1-2H3,(H,16,20)(H,17,18). The highest BCUT2D eigenvalue weighted by atomic mass is 16.2. The fraction of sp³-hybridized carbons (Fsp3) is 0.500. The van der Waals surface area contributed by atoms with Crippen LogP contribution in [0.5, 0.6) is 0 Å². The molecule has 114 valence electrons. The minimum atomic E-state index is -0.173. The van der Waals surface area contributed by atoms with Crippen LogP contribution in [0.25, 0.3) is 0 Å². The van der Waals surface area contributed by atoms with Gasteiger partial charge in [0.05, 0.1) is 6.54 Å². The van der Waals surface area contributed by atoms with E-state index in [1.165, 1.54) is 0 Å². The van der Waals surface area contributed by atoms with Gasteiger partial charge in [0.2, 0.25) is 5.91 Å². The topological polar surface area (TPSA) is 100 Å². The number of nitrogen functional groups attached to an aromatic ring is 1. The summed E-state index contributed by atoms with van der Waals surface area (Å²) in [4.78, 5) is 30.1. The number of carbonyl (C=O) groups is 2. The van der Waals surface area contributed by atoms with Gasteiger partial charge in [0.1, 0.15) is 5.82 Å². The van der Waals surface area contributed by atoms with Crippen molar-refractivity contribution in [1.82, 2.24) is 15.2 Å². The average molecular weight is 291 g/mol. The summed E-state index contributed by atoms with van der Waals surface area (Å²) in [5.41, 5.74) is 3.76. The van der Waals surface area contributed by atoms with Gasteiger partial charge >= 0.3 is 0 Å². The lowest BCUT2D eigenvalue weighted by Crippen LogP contribution is -2.37. The lowest BCUT2D eigenvalue weighted by atomic mass is 10.1. The number of nitrogens with one attached hydrogen (secondary N) is 2. The van der Waals surface area contributed by atoms with E-state index in [0.29, 0.717) is 24.5 Å². The van der Waals surface area contributed by atoms with E-state index >= 15 is 0 Å². The van der Waals surface area contributed by atoms with Crippen LogP contribution in [-0.2, 0) is 4.79 Å². The Hall–Kier alpha value is -2.15. The molecule has 0 atom stereocenters. The van der Waals surface area contributed by atoms with Crippen LogP contribution in [0.15, 0.2) is 12.1 Å². The number of anilines is 1. The molecule has 1 aliphatic rings. The Bertz CT molecular complexity index is 544.